The van der Waals surface area contributed by atoms with Crippen LogP contribution in [0.15, 0.2) is 18.2 Å². The summed E-state index contributed by atoms with van der Waals surface area (Å²) in [5.74, 6) is -0.459. The molecule has 1 aromatic carbocycles. The van der Waals surface area contributed by atoms with Crippen LogP contribution in [0.2, 0.25) is 0 Å². The predicted molar refractivity (Wildman–Crippen MR) is 120 cm³/mol. The zero-order chi connectivity index (χ0) is 22.8. The minimum absolute atomic E-state index is 0.168. The zero-order valence-electron chi connectivity index (χ0n) is 19.1. The second kappa shape index (κ2) is 9.35. The van der Waals surface area contributed by atoms with E-state index in [1.54, 1.807) is 24.8 Å². The number of likely N-dealkylation sites (tertiary alicyclic amines) is 1. The van der Waals surface area contributed by atoms with Crippen molar-refractivity contribution in [1.82, 2.24) is 9.88 Å². The number of aromatic amines is 1. The van der Waals surface area contributed by atoms with Crippen molar-refractivity contribution in [3.8, 4) is 0 Å². The lowest BCUT2D eigenvalue weighted by molar-refractivity contribution is -0.152. The molecule has 1 aliphatic carbocycles. The van der Waals surface area contributed by atoms with Crippen LogP contribution in [0.4, 0.5) is 0 Å². The van der Waals surface area contributed by atoms with Gasteiger partial charge in [0.15, 0.2) is 6.10 Å². The lowest BCUT2D eigenvalue weighted by Gasteiger charge is -2.32. The van der Waals surface area contributed by atoms with Gasteiger partial charge in [0.2, 0.25) is 0 Å². The van der Waals surface area contributed by atoms with Crippen LogP contribution in [-0.2, 0) is 31.9 Å². The fourth-order valence-corrected chi connectivity index (χ4v) is 4.85. The Morgan fingerprint density at radius 2 is 1.94 bits per heavy atom. The topological polar surface area (TPSA) is 88.7 Å². The van der Waals surface area contributed by atoms with Crippen molar-refractivity contribution in [3.05, 3.63) is 35.0 Å². The van der Waals surface area contributed by atoms with E-state index in [2.05, 4.69) is 11.9 Å². The molecule has 0 spiro atoms. The number of piperidine rings is 1. The highest BCUT2D eigenvalue weighted by Gasteiger charge is 2.31. The van der Waals surface area contributed by atoms with Crippen molar-refractivity contribution in [3.63, 3.8) is 0 Å². The zero-order valence-corrected chi connectivity index (χ0v) is 19.1. The third kappa shape index (κ3) is 4.52. The average Bonchev–Trinajstić information content (AvgIpc) is 3.15. The van der Waals surface area contributed by atoms with Crippen molar-refractivity contribution in [2.24, 2.45) is 11.8 Å². The van der Waals surface area contributed by atoms with E-state index in [4.69, 9.17) is 9.47 Å². The first-order valence-corrected chi connectivity index (χ1v) is 11.7. The quantitative estimate of drug-likeness (QED) is 0.717. The third-order valence-electron chi connectivity index (χ3n) is 6.73. The molecule has 7 heteroatoms. The number of fused-ring (bicyclic) bond motifs is 3. The Labute approximate surface area is 188 Å². The van der Waals surface area contributed by atoms with Crippen LogP contribution in [0, 0.1) is 11.8 Å². The number of ether oxygens (including phenoxy) is 2. The molecule has 0 radical (unpaired) electrons. The summed E-state index contributed by atoms with van der Waals surface area (Å²) in [6, 6.07) is 5.55. The van der Waals surface area contributed by atoms with E-state index in [9.17, 15) is 14.4 Å². The number of benzene rings is 1. The van der Waals surface area contributed by atoms with Crippen molar-refractivity contribution in [1.29, 1.82) is 0 Å². The molecule has 2 heterocycles. The van der Waals surface area contributed by atoms with E-state index in [0.29, 0.717) is 44.0 Å². The van der Waals surface area contributed by atoms with Crippen LogP contribution < -0.4 is 0 Å². The first-order valence-electron chi connectivity index (χ1n) is 11.7. The number of aryl methyl sites for hydroxylation is 1. The summed E-state index contributed by atoms with van der Waals surface area (Å²) in [6.07, 6.45) is 3.47. The van der Waals surface area contributed by atoms with Crippen molar-refractivity contribution in [2.45, 2.75) is 59.0 Å². The lowest BCUT2D eigenvalue weighted by Crippen LogP contribution is -2.45. The summed E-state index contributed by atoms with van der Waals surface area (Å²) in [5, 5.41) is 1.07. The molecule has 1 amide bonds. The Hall–Kier alpha value is -2.83. The van der Waals surface area contributed by atoms with Gasteiger partial charge in [-0.3, -0.25) is 9.59 Å². The number of hydrogen-bond donors (Lipinski definition) is 1. The number of carbonyl (C=O) groups excluding carboxylic acids is 3. The van der Waals surface area contributed by atoms with Gasteiger partial charge in [-0.1, -0.05) is 6.92 Å². The number of hydrogen-bond acceptors (Lipinski definition) is 5. The minimum Gasteiger partial charge on any atom is -0.466 e. The third-order valence-corrected chi connectivity index (χ3v) is 6.73. The van der Waals surface area contributed by atoms with Crippen LogP contribution >= 0.6 is 0 Å². The minimum atomic E-state index is -0.877. The fourth-order valence-electron chi connectivity index (χ4n) is 4.85. The molecular weight excluding hydrogens is 408 g/mol. The number of nitrogens with zero attached hydrogens (tertiary/aromatic N) is 1. The van der Waals surface area contributed by atoms with Gasteiger partial charge in [-0.2, -0.15) is 0 Å². The number of aromatic nitrogens is 1. The van der Waals surface area contributed by atoms with Crippen molar-refractivity contribution >= 4 is 28.7 Å². The molecular formula is C25H32N2O5. The predicted octanol–water partition coefficient (Wildman–Crippen LogP) is 3.64. The molecule has 7 nitrogen and oxygen atoms in total. The average molecular weight is 441 g/mol. The maximum atomic E-state index is 12.8. The standard InChI is InChI=1S/C25H32N2O5/c1-4-31-24(29)17-9-11-27(12-10-17)23(28)16(3)32-25(30)18-6-8-22-20(14-18)19-13-15(2)5-7-21(19)26-22/h6,8,14-17,26H,4-5,7,9-13H2,1-3H3/t15-,16+/m1/s1. The molecule has 1 aliphatic heterocycles. The number of amides is 1. The molecule has 32 heavy (non-hydrogen) atoms. The van der Waals surface area contributed by atoms with Gasteiger partial charge in [0.25, 0.3) is 5.91 Å². The van der Waals surface area contributed by atoms with E-state index in [0.717, 1.165) is 23.7 Å². The summed E-state index contributed by atoms with van der Waals surface area (Å²) in [7, 11) is 0. The molecule has 0 bridgehead atoms. The van der Waals surface area contributed by atoms with Crippen molar-refractivity contribution in [2.75, 3.05) is 19.7 Å². The summed E-state index contributed by atoms with van der Waals surface area (Å²) in [6.45, 7) is 6.93. The molecule has 172 valence electrons. The molecule has 0 saturated carbocycles. The van der Waals surface area contributed by atoms with Crippen molar-refractivity contribution < 1.29 is 23.9 Å². The first-order chi connectivity index (χ1) is 15.4. The highest BCUT2D eigenvalue weighted by Crippen LogP contribution is 2.32. The Morgan fingerprint density at radius 3 is 2.66 bits per heavy atom. The Bertz CT molecular complexity index is 1020. The summed E-state index contributed by atoms with van der Waals surface area (Å²) in [4.78, 5) is 42.6. The molecule has 1 saturated heterocycles. The number of esters is 2. The number of rotatable bonds is 5. The van der Waals surface area contributed by atoms with Crippen LogP contribution in [-0.4, -0.2) is 53.5 Å². The molecule has 2 aromatic rings. The Morgan fingerprint density at radius 1 is 1.19 bits per heavy atom. The number of H-pyrrole nitrogens is 1. The largest absolute Gasteiger partial charge is 0.466 e. The van der Waals surface area contributed by atoms with E-state index < -0.39 is 12.1 Å². The van der Waals surface area contributed by atoms with Crippen LogP contribution in [0.3, 0.4) is 0 Å². The lowest BCUT2D eigenvalue weighted by atomic mass is 9.87. The van der Waals surface area contributed by atoms with Gasteiger partial charge >= 0.3 is 11.9 Å². The van der Waals surface area contributed by atoms with Crippen LogP contribution in [0.5, 0.6) is 0 Å². The van der Waals surface area contributed by atoms with Gasteiger partial charge < -0.3 is 19.4 Å². The highest BCUT2D eigenvalue weighted by molar-refractivity contribution is 5.97. The summed E-state index contributed by atoms with van der Waals surface area (Å²) >= 11 is 0. The van der Waals surface area contributed by atoms with E-state index >= 15 is 0 Å². The molecule has 0 unspecified atom stereocenters. The summed E-state index contributed by atoms with van der Waals surface area (Å²) < 4.78 is 10.6. The maximum Gasteiger partial charge on any atom is 0.338 e. The van der Waals surface area contributed by atoms with Gasteiger partial charge in [-0.15, -0.1) is 0 Å². The van der Waals surface area contributed by atoms with Gasteiger partial charge in [0, 0.05) is 29.7 Å². The van der Waals surface area contributed by atoms with E-state index in [-0.39, 0.29) is 17.8 Å². The number of carbonyl (C=O) groups is 3. The van der Waals surface area contributed by atoms with Gasteiger partial charge in [0.05, 0.1) is 18.1 Å². The highest BCUT2D eigenvalue weighted by atomic mass is 16.5. The Balaban J connectivity index is 1.38. The number of nitrogens with one attached hydrogen (secondary N) is 1. The molecule has 1 fully saturated rings. The molecule has 2 aliphatic rings. The van der Waals surface area contributed by atoms with Gasteiger partial charge in [-0.25, -0.2) is 4.79 Å². The molecule has 4 rings (SSSR count). The van der Waals surface area contributed by atoms with Crippen LogP contribution in [0.1, 0.15) is 61.6 Å². The molecule has 1 N–H and O–H groups in total. The molecule has 2 atom stereocenters. The van der Waals surface area contributed by atoms with Gasteiger partial charge in [-0.05, 0) is 75.6 Å². The van der Waals surface area contributed by atoms with E-state index in [1.807, 2.05) is 12.1 Å². The molecule has 1 aromatic heterocycles. The normalized spacial score (nSPS) is 20.0. The SMILES string of the molecule is CCOC(=O)C1CCN(C(=O)[C@H](C)OC(=O)c2ccc3[nH]c4c(c3c2)C[C@H](C)CC4)CC1. The second-order valence-electron chi connectivity index (χ2n) is 9.09. The fraction of sp³-hybridized carbons (Fsp3) is 0.560. The maximum absolute atomic E-state index is 12.8. The van der Waals surface area contributed by atoms with E-state index in [1.165, 1.54) is 17.7 Å². The Kier molecular flexibility index (Phi) is 6.53. The first kappa shape index (κ1) is 22.4. The second-order valence-corrected chi connectivity index (χ2v) is 9.09. The smallest absolute Gasteiger partial charge is 0.338 e. The van der Waals surface area contributed by atoms with Crippen LogP contribution in [0.25, 0.3) is 10.9 Å². The van der Waals surface area contributed by atoms with Gasteiger partial charge in [0.1, 0.15) is 0 Å². The monoisotopic (exact) mass is 440 g/mol. The summed E-state index contributed by atoms with van der Waals surface area (Å²) in [5.41, 5.74) is 4.05.